The summed E-state index contributed by atoms with van der Waals surface area (Å²) in [6.45, 7) is 3.14. The number of anilines is 1. The topological polar surface area (TPSA) is 52.2 Å². The molecule has 33 heavy (non-hydrogen) atoms. The SMILES string of the molecule is COc1ccc(CN(Cc2cccc(OC)c2OC)C(=S)Nc2cc(C)ccc2OC)cc1. The van der Waals surface area contributed by atoms with E-state index in [1.54, 1.807) is 28.4 Å². The van der Waals surface area contributed by atoms with E-state index < -0.39 is 0 Å². The van der Waals surface area contributed by atoms with Gasteiger partial charge in [-0.25, -0.2) is 0 Å². The van der Waals surface area contributed by atoms with Crippen molar-refractivity contribution in [3.05, 3.63) is 77.4 Å². The normalized spacial score (nSPS) is 10.3. The van der Waals surface area contributed by atoms with Crippen molar-refractivity contribution < 1.29 is 18.9 Å². The van der Waals surface area contributed by atoms with E-state index in [1.807, 2.05) is 67.6 Å². The minimum absolute atomic E-state index is 0.520. The lowest BCUT2D eigenvalue weighted by Crippen LogP contribution is -2.34. The summed E-state index contributed by atoms with van der Waals surface area (Å²) < 4.78 is 21.9. The first kappa shape index (κ1) is 24.2. The summed E-state index contributed by atoms with van der Waals surface area (Å²) in [5, 5.41) is 3.94. The van der Waals surface area contributed by atoms with Crippen LogP contribution in [0.15, 0.2) is 60.7 Å². The lowest BCUT2D eigenvalue weighted by Gasteiger charge is -2.28. The maximum absolute atomic E-state index is 5.86. The van der Waals surface area contributed by atoms with E-state index in [0.29, 0.717) is 29.7 Å². The number of benzene rings is 3. The van der Waals surface area contributed by atoms with Crippen LogP contribution in [-0.4, -0.2) is 38.5 Å². The number of para-hydroxylation sites is 1. The average Bonchev–Trinajstić information content (AvgIpc) is 2.84. The van der Waals surface area contributed by atoms with Crippen molar-refractivity contribution in [3.63, 3.8) is 0 Å². The van der Waals surface area contributed by atoms with E-state index in [9.17, 15) is 0 Å². The standard InChI is InChI=1S/C26H30N2O4S/c1-18-9-14-23(30-3)22(15-18)27-26(33)28(16-19-10-12-21(29-2)13-11-19)17-20-7-6-8-24(31-4)25(20)32-5/h6-15H,16-17H2,1-5H3,(H,27,33). The van der Waals surface area contributed by atoms with Gasteiger partial charge in [0.05, 0.1) is 34.1 Å². The zero-order valence-electron chi connectivity index (χ0n) is 19.7. The molecule has 1 N–H and O–H groups in total. The molecule has 0 bridgehead atoms. The molecule has 0 aromatic heterocycles. The summed E-state index contributed by atoms with van der Waals surface area (Å²) in [6, 6.07) is 19.7. The highest BCUT2D eigenvalue weighted by atomic mass is 32.1. The molecule has 0 aliphatic heterocycles. The Morgan fingerprint density at radius 1 is 0.818 bits per heavy atom. The van der Waals surface area contributed by atoms with E-state index in [1.165, 1.54) is 0 Å². The van der Waals surface area contributed by atoms with Crippen LogP contribution in [0, 0.1) is 6.92 Å². The van der Waals surface area contributed by atoms with Gasteiger partial charge in [-0.05, 0) is 60.6 Å². The molecule has 0 saturated carbocycles. The first-order chi connectivity index (χ1) is 16.0. The number of aryl methyl sites for hydroxylation is 1. The monoisotopic (exact) mass is 466 g/mol. The number of ether oxygens (including phenoxy) is 4. The van der Waals surface area contributed by atoms with Crippen molar-refractivity contribution in [1.29, 1.82) is 0 Å². The Bertz CT molecular complexity index is 1090. The van der Waals surface area contributed by atoms with E-state index in [0.717, 1.165) is 33.9 Å². The third-order valence-electron chi connectivity index (χ3n) is 5.26. The third-order valence-corrected chi connectivity index (χ3v) is 5.62. The van der Waals surface area contributed by atoms with Crippen LogP contribution in [0.25, 0.3) is 0 Å². The van der Waals surface area contributed by atoms with Crippen LogP contribution in [0.5, 0.6) is 23.0 Å². The Morgan fingerprint density at radius 3 is 2.18 bits per heavy atom. The summed E-state index contributed by atoms with van der Waals surface area (Å²) in [6.07, 6.45) is 0. The predicted molar refractivity (Wildman–Crippen MR) is 136 cm³/mol. The van der Waals surface area contributed by atoms with Crippen molar-refractivity contribution in [1.82, 2.24) is 4.90 Å². The van der Waals surface area contributed by atoms with Gasteiger partial charge in [-0.2, -0.15) is 0 Å². The molecule has 0 aliphatic rings. The van der Waals surface area contributed by atoms with Crippen molar-refractivity contribution >= 4 is 23.0 Å². The van der Waals surface area contributed by atoms with Crippen LogP contribution in [-0.2, 0) is 13.1 Å². The molecule has 0 aliphatic carbocycles. The minimum Gasteiger partial charge on any atom is -0.497 e. The van der Waals surface area contributed by atoms with Crippen LogP contribution >= 0.6 is 12.2 Å². The number of hydrogen-bond acceptors (Lipinski definition) is 5. The van der Waals surface area contributed by atoms with Crippen molar-refractivity contribution in [2.45, 2.75) is 20.0 Å². The third kappa shape index (κ3) is 6.08. The quantitative estimate of drug-likeness (QED) is 0.422. The first-order valence-electron chi connectivity index (χ1n) is 10.5. The molecule has 0 spiro atoms. The minimum atomic E-state index is 0.520. The molecular weight excluding hydrogens is 436 g/mol. The maximum Gasteiger partial charge on any atom is 0.174 e. The lowest BCUT2D eigenvalue weighted by molar-refractivity contribution is 0.341. The fourth-order valence-corrected chi connectivity index (χ4v) is 3.79. The smallest absolute Gasteiger partial charge is 0.174 e. The van der Waals surface area contributed by atoms with Crippen LogP contribution < -0.4 is 24.3 Å². The van der Waals surface area contributed by atoms with Crippen LogP contribution in [0.4, 0.5) is 5.69 Å². The first-order valence-corrected chi connectivity index (χ1v) is 10.9. The van der Waals surface area contributed by atoms with Gasteiger partial charge in [0.25, 0.3) is 0 Å². The average molecular weight is 467 g/mol. The summed E-state index contributed by atoms with van der Waals surface area (Å²) in [5.41, 5.74) is 3.99. The molecule has 0 unspecified atom stereocenters. The fourth-order valence-electron chi connectivity index (χ4n) is 3.55. The van der Waals surface area contributed by atoms with Gasteiger partial charge < -0.3 is 29.2 Å². The second-order valence-electron chi connectivity index (χ2n) is 7.49. The molecule has 174 valence electrons. The molecule has 0 fully saturated rings. The van der Waals surface area contributed by atoms with Crippen LogP contribution in [0.2, 0.25) is 0 Å². The Labute approximate surface area is 201 Å². The molecule has 3 aromatic carbocycles. The highest BCUT2D eigenvalue weighted by Gasteiger charge is 2.18. The zero-order valence-corrected chi connectivity index (χ0v) is 20.5. The Morgan fingerprint density at radius 2 is 1.55 bits per heavy atom. The molecule has 0 radical (unpaired) electrons. The number of hydrogen-bond donors (Lipinski definition) is 1. The molecule has 3 aromatic rings. The van der Waals surface area contributed by atoms with E-state index in [4.69, 9.17) is 31.2 Å². The molecule has 6 nitrogen and oxygen atoms in total. The summed E-state index contributed by atoms with van der Waals surface area (Å²) in [7, 11) is 6.58. The molecule has 3 rings (SSSR count). The highest BCUT2D eigenvalue weighted by molar-refractivity contribution is 7.80. The number of thiocarbonyl (C=S) groups is 1. The number of nitrogens with zero attached hydrogens (tertiary/aromatic N) is 1. The second-order valence-corrected chi connectivity index (χ2v) is 7.88. The highest BCUT2D eigenvalue weighted by Crippen LogP contribution is 2.32. The predicted octanol–water partition coefficient (Wildman–Crippen LogP) is 5.43. The van der Waals surface area contributed by atoms with E-state index in [-0.39, 0.29) is 0 Å². The van der Waals surface area contributed by atoms with Gasteiger partial charge >= 0.3 is 0 Å². The Kier molecular flexibility index (Phi) is 8.38. The van der Waals surface area contributed by atoms with Crippen LogP contribution in [0.3, 0.4) is 0 Å². The number of nitrogens with one attached hydrogen (secondary N) is 1. The van der Waals surface area contributed by atoms with E-state index in [2.05, 4.69) is 10.2 Å². The summed E-state index contributed by atoms with van der Waals surface area (Å²) in [5.74, 6) is 2.91. The largest absolute Gasteiger partial charge is 0.497 e. The molecule has 0 saturated heterocycles. The second kappa shape index (κ2) is 11.4. The van der Waals surface area contributed by atoms with Crippen molar-refractivity contribution in [2.24, 2.45) is 0 Å². The zero-order chi connectivity index (χ0) is 23.8. The Balaban J connectivity index is 1.93. The van der Waals surface area contributed by atoms with Crippen molar-refractivity contribution in [3.8, 4) is 23.0 Å². The molecule has 7 heteroatoms. The fraction of sp³-hybridized carbons (Fsp3) is 0.269. The molecule has 0 atom stereocenters. The molecular formula is C26H30N2O4S. The van der Waals surface area contributed by atoms with Gasteiger partial charge in [0.1, 0.15) is 11.5 Å². The van der Waals surface area contributed by atoms with Gasteiger partial charge in [-0.15, -0.1) is 0 Å². The molecule has 0 heterocycles. The van der Waals surface area contributed by atoms with Gasteiger partial charge in [-0.3, -0.25) is 0 Å². The van der Waals surface area contributed by atoms with Crippen LogP contribution in [0.1, 0.15) is 16.7 Å². The summed E-state index contributed by atoms with van der Waals surface area (Å²) in [4.78, 5) is 2.08. The van der Waals surface area contributed by atoms with Gasteiger partial charge in [0.2, 0.25) is 0 Å². The van der Waals surface area contributed by atoms with Crippen molar-refractivity contribution in [2.75, 3.05) is 33.8 Å². The van der Waals surface area contributed by atoms with E-state index >= 15 is 0 Å². The Hall–Kier alpha value is -3.45. The van der Waals surface area contributed by atoms with Gasteiger partial charge in [0, 0.05) is 18.7 Å². The molecule has 0 amide bonds. The van der Waals surface area contributed by atoms with Gasteiger partial charge in [-0.1, -0.05) is 30.3 Å². The number of rotatable bonds is 9. The number of methoxy groups -OCH3 is 4. The van der Waals surface area contributed by atoms with Gasteiger partial charge in [0.15, 0.2) is 16.6 Å². The summed E-state index contributed by atoms with van der Waals surface area (Å²) >= 11 is 5.86. The maximum atomic E-state index is 5.86. The lowest BCUT2D eigenvalue weighted by atomic mass is 10.1.